The number of nitro groups is 1. The van der Waals surface area contributed by atoms with Gasteiger partial charge in [0.05, 0.1) is 21.6 Å². The van der Waals surface area contributed by atoms with E-state index in [0.29, 0.717) is 22.2 Å². The molecule has 0 fully saturated rings. The fraction of sp³-hybridized carbons (Fsp3) is 0.182. The molecule has 1 N–H and O–H groups in total. The van der Waals surface area contributed by atoms with Crippen molar-refractivity contribution in [2.75, 3.05) is 18.6 Å². The summed E-state index contributed by atoms with van der Waals surface area (Å²) in [5.74, 6) is -0.752. The zero-order valence-corrected chi connectivity index (χ0v) is 184. The van der Waals surface area contributed by atoms with E-state index in [0.717, 1.165) is 28.6 Å². The van der Waals surface area contributed by atoms with Crippen molar-refractivity contribution < 1.29 is 13.9 Å². The van der Waals surface area contributed by atoms with Gasteiger partial charge in [0, 0.05) is 42.0 Å². The van der Waals surface area contributed by atoms with Gasteiger partial charge in [0.15, 0.2) is 0 Å². The summed E-state index contributed by atoms with van der Waals surface area (Å²) >= 11 is 50.0. The normalized spacial score (nSPS) is 7.40. The van der Waals surface area contributed by atoms with E-state index in [9.17, 15) is 19.1 Å². The summed E-state index contributed by atoms with van der Waals surface area (Å²) in [7, 11) is -0.809. The summed E-state index contributed by atoms with van der Waals surface area (Å²) in [6, 6.07) is 10.0. The Bertz CT molecular complexity index is 1500. The quantitative estimate of drug-likeness (QED) is 0.0924. The average molecular weight is 2020 g/mol. The van der Waals surface area contributed by atoms with E-state index in [1.165, 1.54) is 1270 Å². The molecule has 0 saturated heterocycles. The van der Waals surface area contributed by atoms with Gasteiger partial charge in [0.1, 0.15) is 7.14 Å². The van der Waals surface area contributed by atoms with Crippen LogP contribution in [0.1, 0.15) is 5.56 Å². The van der Waals surface area contributed by atoms with Gasteiger partial charge in [-0.25, -0.2) is 9.97 Å². The minimum atomic E-state index is -2.73. The molecule has 0 aliphatic heterocycles. The molecule has 0 radical (unpaired) electrons. The van der Waals surface area contributed by atoms with Crippen LogP contribution in [0.5, 0.6) is 0 Å². The molecule has 0 unspecified atom stereocenters. The van der Waals surface area contributed by atoms with Gasteiger partial charge in [0.25, 0.3) is 0 Å². The van der Waals surface area contributed by atoms with Crippen molar-refractivity contribution in [3.8, 4) is 11.3 Å². The van der Waals surface area contributed by atoms with Gasteiger partial charge >= 0.3 is 1270 Å². The van der Waals surface area contributed by atoms with Gasteiger partial charge in [0.2, 0.25) is 11.8 Å². The predicted molar refractivity (Wildman–Crippen MR) is 354 cm³/mol. The van der Waals surface area contributed by atoms with Crippen LogP contribution in [0.2, 0.25) is 0 Å². The molecule has 0 atom stereocenters. The number of hydrogen-bond acceptors (Lipinski definition) is 6. The number of nitrogens with zero attached hydrogens (tertiary/aromatic N) is 4. The Balaban J connectivity index is -0.0000000426. The van der Waals surface area contributed by atoms with Gasteiger partial charge in [-0.1, -0.05) is 18.2 Å². The number of benzene rings is 2. The van der Waals surface area contributed by atoms with Crippen molar-refractivity contribution in [2.24, 2.45) is 7.05 Å². The second-order valence-corrected chi connectivity index (χ2v) is 11.1. The average Bonchev–Trinajstić information content (AvgIpc) is 3.85. The summed E-state index contributed by atoms with van der Waals surface area (Å²) < 4.78 is 28.9. The zero-order chi connectivity index (χ0) is 63.2. The van der Waals surface area contributed by atoms with E-state index in [1.807, 2.05) is 42.1 Å². The second-order valence-electron chi connectivity index (χ2n) is 7.95. The summed E-state index contributed by atoms with van der Waals surface area (Å²) in [6.07, 6.45) is 3.43. The number of anilines is 2. The zero-order valence-electron chi connectivity index (χ0n) is 58.0. The van der Waals surface area contributed by atoms with Crippen LogP contribution in [0.25, 0.3) is 22.2 Å². The van der Waals surface area contributed by atoms with Crippen molar-refractivity contribution in [3.63, 3.8) is 0 Å². The first kappa shape index (κ1) is 173. The molecule has 0 bridgehead atoms. The predicted octanol–water partition coefficient (Wildman–Crippen LogP) is -10.2. The van der Waals surface area contributed by atoms with E-state index < -0.39 is 23.6 Å². The monoisotopic (exact) mass is 2010 g/mol. The number of halogens is 1. The first-order chi connectivity index (χ1) is 35.1. The number of rotatable bonds is 5. The third-order valence-electron chi connectivity index (χ3n) is 5.24. The molecule has 2 aromatic carbocycles. The molecule has 8 nitrogen and oxygen atoms in total. The number of hydrogen-bond donors (Lipinski definition) is 1. The van der Waals surface area contributed by atoms with Crippen molar-refractivity contribution in [2.45, 2.75) is 6.92 Å². The van der Waals surface area contributed by atoms with Crippen LogP contribution < -0.4 is 10.6 Å². The van der Waals surface area contributed by atoms with Crippen molar-refractivity contribution in [3.05, 3.63) is 70.3 Å². The molecular formula is C22H21FK40N5O3P. The van der Waals surface area contributed by atoms with Gasteiger partial charge in [-0.2, -0.15) is 4.39 Å². The number of nitrogens with one attached hydrogen (secondary N) is 1. The number of nitro benzene ring substituents is 1. The van der Waals surface area contributed by atoms with E-state index >= 15 is 0 Å². The van der Waals surface area contributed by atoms with E-state index in [-0.39, 0.29) is 5.95 Å². The van der Waals surface area contributed by atoms with Crippen LogP contribution in [0.4, 0.5) is 21.7 Å². The number of para-hydroxylation sites is 1. The Morgan fingerprint density at radius 2 is 0.889 bits per heavy atom. The molecule has 50 heteroatoms. The van der Waals surface area contributed by atoms with Crippen molar-refractivity contribution in [1.82, 2.24) is 14.5 Å². The van der Waals surface area contributed by atoms with Gasteiger partial charge < -0.3 is 14.4 Å². The standard InChI is InChI=1S/C22H21FN5O3P.40K/c1-13-9-16(23)19(28(29)30)10-17(13)25-22-24-11-20(32(3,4)31)21(26-22)15-12-27(2)18-8-6-5-7-14(15)18;;;;;;;;;;;;;;;;;;;;;;;;;;;;;;;;;;;;;;;;/h5-12H,1-4H3,(H,24,25,26);;;;;;;;;;;;;;;;;;;;;;;;;;;;;;;;;;;;;;;;. The Morgan fingerprint density at radius 1 is 0.569 bits per heavy atom. The first-order valence-electron chi connectivity index (χ1n) is 29.7. The van der Waals surface area contributed by atoms with Crippen molar-refractivity contribution >= 4 is 1300 Å². The van der Waals surface area contributed by atoms with Crippen LogP contribution in [-0.4, -0.2) is 1300 Å². The van der Waals surface area contributed by atoms with Crippen LogP contribution in [0.15, 0.2) is 48.8 Å². The molecule has 2 aromatic heterocycles. The SMILES string of the molecule is Cc1cc(F)c([N+](=O)[O-])cc1Nc1ncc(P(C)(C)=O)c(-c2cn(C)c3ccccc23)n1.[K][K].[K][K].[K][K].[K][K].[K][K].[K][K].[K][K].[K][K].[K][K].[K][K].[K][K].[K][K].[K][K].[K][K].[K][K].[K][K].[K][K].[K][K].[K][K].[K][K]. The molecule has 0 spiro atoms. The second kappa shape index (κ2) is 175. The molecule has 0 amide bonds. The third kappa shape index (κ3) is 130. The number of aryl methyl sites for hydroxylation is 2. The van der Waals surface area contributed by atoms with Gasteiger partial charge in [-0.15, -0.1) is 0 Å². The molecule has 72 heavy (non-hydrogen) atoms. The van der Waals surface area contributed by atoms with Gasteiger partial charge in [-0.05, 0) is 37.9 Å². The minimum absolute atomic E-state index is 0.161. The van der Waals surface area contributed by atoms with Crippen LogP contribution in [-0.2, 0) is 11.6 Å². The molecule has 2 heterocycles. The Kier molecular flexibility index (Phi) is 421. The summed E-state index contributed by atoms with van der Waals surface area (Å²) in [5.41, 5.74) is 2.44. The Hall–Kier alpha value is 61.9. The van der Waals surface area contributed by atoms with Crippen LogP contribution in [0, 0.1) is 22.9 Å². The van der Waals surface area contributed by atoms with Gasteiger partial charge in [-0.3, -0.25) is 10.1 Å². The molecule has 0 aliphatic rings. The maximum absolute atomic E-state index is 13.9. The maximum atomic E-state index is 13.9. The molecule has 204 valence electrons. The summed E-state index contributed by atoms with van der Waals surface area (Å²) in [5, 5.41) is 15.6. The van der Waals surface area contributed by atoms with E-state index in [4.69, 9.17) is 0 Å². The fourth-order valence-electron chi connectivity index (χ4n) is 3.61. The Morgan fingerprint density at radius 3 is 1.19 bits per heavy atom. The molecule has 4 rings (SSSR count). The van der Waals surface area contributed by atoms with Crippen LogP contribution >= 0.6 is 7.14 Å². The van der Waals surface area contributed by atoms with Crippen LogP contribution in [0.3, 0.4) is 0 Å². The molecule has 0 aliphatic carbocycles. The first-order valence-corrected chi connectivity index (χ1v) is 352. The molecule has 0 saturated carbocycles. The summed E-state index contributed by atoms with van der Waals surface area (Å²) in [6.45, 7) is 4.93. The number of aromatic nitrogens is 3. The molecule has 4 aromatic rings. The fourth-order valence-corrected chi connectivity index (χ4v) is 4.63. The summed E-state index contributed by atoms with van der Waals surface area (Å²) in [4.78, 5) is 19.3. The van der Waals surface area contributed by atoms with Crippen molar-refractivity contribution in [1.29, 1.82) is 0 Å². The Labute approximate surface area is 1350 Å². The van der Waals surface area contributed by atoms with E-state index in [2.05, 4.69) is 15.3 Å². The topological polar surface area (TPSA) is 103 Å². The molecular weight excluding hydrogens is 2000 g/mol. The third-order valence-corrected chi connectivity index (χ3v) is 6.73. The van der Waals surface area contributed by atoms with E-state index in [1.54, 1.807) is 20.3 Å². The number of fused-ring (bicyclic) bond motifs is 1.